The Balaban J connectivity index is 1.11. The molecule has 4 aromatic rings. The number of nitrogens with zero attached hydrogens (tertiary/aromatic N) is 8. The highest BCUT2D eigenvalue weighted by atomic mass is 32.2. The third-order valence-electron chi connectivity index (χ3n) is 6.16. The Morgan fingerprint density at radius 3 is 2.79 bits per heavy atom. The predicted molar refractivity (Wildman–Crippen MR) is 129 cm³/mol. The molecule has 0 bridgehead atoms. The number of thioether (sulfide) groups is 1. The molecule has 0 saturated carbocycles. The van der Waals surface area contributed by atoms with Gasteiger partial charge in [0.05, 0.1) is 11.6 Å². The fourth-order valence-electron chi connectivity index (χ4n) is 4.38. The van der Waals surface area contributed by atoms with Gasteiger partial charge in [-0.15, -0.1) is 0 Å². The normalized spacial score (nSPS) is 17.5. The van der Waals surface area contributed by atoms with Crippen molar-refractivity contribution in [2.45, 2.75) is 24.5 Å². The number of imidazole rings is 1. The first-order chi connectivity index (χ1) is 16.7. The molecule has 10 nitrogen and oxygen atoms in total. The summed E-state index contributed by atoms with van der Waals surface area (Å²) in [5.41, 5.74) is 2.82. The van der Waals surface area contributed by atoms with Crippen molar-refractivity contribution in [3.8, 4) is 17.1 Å². The molecule has 172 valence electrons. The summed E-state index contributed by atoms with van der Waals surface area (Å²) in [4.78, 5) is 32.5. The first-order valence-electron chi connectivity index (χ1n) is 11.3. The van der Waals surface area contributed by atoms with E-state index in [9.17, 15) is 4.79 Å². The van der Waals surface area contributed by atoms with Crippen LogP contribution in [0.4, 0.5) is 11.5 Å². The maximum absolute atomic E-state index is 13.0. The van der Waals surface area contributed by atoms with E-state index in [0.717, 1.165) is 59.6 Å². The average molecular weight is 474 g/mol. The molecule has 2 aliphatic rings. The zero-order chi connectivity index (χ0) is 22.9. The summed E-state index contributed by atoms with van der Waals surface area (Å²) in [6.07, 6.45) is 8.45. The predicted octanol–water partition coefficient (Wildman–Crippen LogP) is 2.88. The van der Waals surface area contributed by atoms with Gasteiger partial charge in [-0.1, -0.05) is 23.9 Å². The zero-order valence-corrected chi connectivity index (χ0v) is 19.2. The van der Waals surface area contributed by atoms with Crippen LogP contribution < -0.4 is 10.2 Å². The molecule has 5 heterocycles. The Kier molecular flexibility index (Phi) is 5.46. The second-order valence-electron chi connectivity index (χ2n) is 8.38. The van der Waals surface area contributed by atoms with Gasteiger partial charge in [0.2, 0.25) is 5.91 Å². The van der Waals surface area contributed by atoms with Gasteiger partial charge >= 0.3 is 0 Å². The van der Waals surface area contributed by atoms with Crippen LogP contribution in [0.2, 0.25) is 0 Å². The molecule has 1 fully saturated rings. The van der Waals surface area contributed by atoms with Crippen molar-refractivity contribution >= 4 is 29.2 Å². The van der Waals surface area contributed by atoms with Gasteiger partial charge in [0, 0.05) is 48.9 Å². The third kappa shape index (κ3) is 4.14. The van der Waals surface area contributed by atoms with Crippen molar-refractivity contribution in [1.29, 1.82) is 0 Å². The van der Waals surface area contributed by atoms with E-state index in [-0.39, 0.29) is 11.8 Å². The Bertz CT molecular complexity index is 1280. The number of aryl methyl sites for hydroxylation is 1. The van der Waals surface area contributed by atoms with E-state index in [1.807, 2.05) is 30.3 Å². The highest BCUT2D eigenvalue weighted by Crippen LogP contribution is 2.30. The number of fused-ring (bicyclic) bond motifs is 1. The van der Waals surface area contributed by atoms with Gasteiger partial charge in [-0.25, -0.2) is 24.6 Å². The molecule has 11 heteroatoms. The van der Waals surface area contributed by atoms with Crippen LogP contribution in [0.5, 0.6) is 0 Å². The Morgan fingerprint density at radius 1 is 1.09 bits per heavy atom. The number of piperidine rings is 1. The summed E-state index contributed by atoms with van der Waals surface area (Å²) in [6, 6.07) is 9.79. The topological polar surface area (TPSA) is 107 Å². The van der Waals surface area contributed by atoms with Gasteiger partial charge < -0.3 is 14.8 Å². The molecule has 0 spiro atoms. The number of nitrogens with one attached hydrogen (secondary N) is 1. The summed E-state index contributed by atoms with van der Waals surface area (Å²) in [6.45, 7) is 2.46. The van der Waals surface area contributed by atoms with Crippen LogP contribution >= 0.6 is 11.8 Å². The van der Waals surface area contributed by atoms with E-state index in [2.05, 4.69) is 41.0 Å². The number of hydrogen-bond donors (Lipinski definition) is 1. The number of amides is 1. The Hall–Kier alpha value is -3.73. The van der Waals surface area contributed by atoms with E-state index in [1.54, 1.807) is 22.8 Å². The molecule has 6 rings (SSSR count). The highest BCUT2D eigenvalue weighted by Gasteiger charge is 2.27. The van der Waals surface area contributed by atoms with Crippen molar-refractivity contribution in [3.05, 3.63) is 55.5 Å². The molecule has 1 unspecified atom stereocenters. The molecule has 2 aliphatic heterocycles. The van der Waals surface area contributed by atoms with Gasteiger partial charge in [-0.05, 0) is 25.0 Å². The smallest absolute Gasteiger partial charge is 0.229 e. The standard InChI is InChI=1S/C23H23N9OS/c33-22(28-18-5-3-16(4-6-18)19-12-31-8-9-34-23(31)29-19)17-2-1-7-30(11-17)20-10-21(26-14-25-20)32-15-24-13-27-32/h3-6,10,12-15,17H,1-2,7-9,11H2,(H,28,33). The minimum absolute atomic E-state index is 0.0281. The number of anilines is 2. The summed E-state index contributed by atoms with van der Waals surface area (Å²) in [5, 5.41) is 8.29. The van der Waals surface area contributed by atoms with E-state index in [0.29, 0.717) is 12.4 Å². The van der Waals surface area contributed by atoms with Gasteiger partial charge in [-0.3, -0.25) is 4.79 Å². The zero-order valence-electron chi connectivity index (χ0n) is 18.4. The number of carbonyl (C=O) groups is 1. The number of hydrogen-bond acceptors (Lipinski definition) is 8. The number of carbonyl (C=O) groups excluding carboxylic acids is 1. The van der Waals surface area contributed by atoms with Crippen molar-refractivity contribution in [1.82, 2.24) is 34.3 Å². The average Bonchev–Trinajstić information content (AvgIpc) is 3.63. The van der Waals surface area contributed by atoms with Crippen molar-refractivity contribution in [2.24, 2.45) is 5.92 Å². The highest BCUT2D eigenvalue weighted by molar-refractivity contribution is 7.99. The van der Waals surface area contributed by atoms with E-state index in [4.69, 9.17) is 4.98 Å². The quantitative estimate of drug-likeness (QED) is 0.472. The lowest BCUT2D eigenvalue weighted by molar-refractivity contribution is -0.120. The van der Waals surface area contributed by atoms with Crippen LogP contribution in [-0.4, -0.2) is 59.0 Å². The van der Waals surface area contributed by atoms with Crippen LogP contribution in [0.15, 0.2) is 60.7 Å². The third-order valence-corrected chi connectivity index (χ3v) is 7.13. The number of rotatable bonds is 5. The fourth-order valence-corrected chi connectivity index (χ4v) is 5.32. The molecule has 1 amide bonds. The SMILES string of the molecule is O=C(Nc1ccc(-c2cn3c(n2)SCC3)cc1)C1CCCN(c2cc(-n3cncn3)ncn2)C1. The number of aromatic nitrogens is 7. The largest absolute Gasteiger partial charge is 0.356 e. The summed E-state index contributed by atoms with van der Waals surface area (Å²) in [7, 11) is 0. The monoisotopic (exact) mass is 473 g/mol. The first-order valence-corrected chi connectivity index (χ1v) is 12.2. The van der Waals surface area contributed by atoms with Crippen LogP contribution in [0.1, 0.15) is 12.8 Å². The van der Waals surface area contributed by atoms with Crippen molar-refractivity contribution in [3.63, 3.8) is 0 Å². The van der Waals surface area contributed by atoms with Crippen LogP contribution in [0, 0.1) is 5.92 Å². The molecular formula is C23H23N9OS. The minimum Gasteiger partial charge on any atom is -0.356 e. The lowest BCUT2D eigenvalue weighted by atomic mass is 9.97. The molecule has 0 aliphatic carbocycles. The first kappa shape index (κ1) is 20.8. The molecule has 0 radical (unpaired) electrons. The van der Waals surface area contributed by atoms with Crippen molar-refractivity contribution in [2.75, 3.05) is 29.1 Å². The van der Waals surface area contributed by atoms with E-state index >= 15 is 0 Å². The maximum atomic E-state index is 13.0. The second-order valence-corrected chi connectivity index (χ2v) is 9.44. The molecule has 1 saturated heterocycles. The number of benzene rings is 1. The van der Waals surface area contributed by atoms with E-state index < -0.39 is 0 Å². The maximum Gasteiger partial charge on any atom is 0.229 e. The molecular weight excluding hydrogens is 450 g/mol. The molecule has 1 N–H and O–H groups in total. The Labute approximate surface area is 200 Å². The van der Waals surface area contributed by atoms with Crippen LogP contribution in [0.3, 0.4) is 0 Å². The molecule has 3 aromatic heterocycles. The summed E-state index contributed by atoms with van der Waals surface area (Å²) < 4.78 is 3.79. The molecule has 34 heavy (non-hydrogen) atoms. The van der Waals surface area contributed by atoms with Crippen LogP contribution in [-0.2, 0) is 11.3 Å². The lowest BCUT2D eigenvalue weighted by Gasteiger charge is -2.32. The summed E-state index contributed by atoms with van der Waals surface area (Å²) in [5.74, 6) is 2.43. The van der Waals surface area contributed by atoms with Gasteiger partial charge in [0.15, 0.2) is 11.0 Å². The van der Waals surface area contributed by atoms with Gasteiger partial charge in [-0.2, -0.15) is 5.10 Å². The lowest BCUT2D eigenvalue weighted by Crippen LogP contribution is -2.41. The second kappa shape index (κ2) is 8.90. The van der Waals surface area contributed by atoms with Gasteiger partial charge in [0.25, 0.3) is 0 Å². The van der Waals surface area contributed by atoms with Crippen molar-refractivity contribution < 1.29 is 4.79 Å². The molecule has 1 aromatic carbocycles. The summed E-state index contributed by atoms with van der Waals surface area (Å²) >= 11 is 1.79. The fraction of sp³-hybridized carbons (Fsp3) is 0.304. The van der Waals surface area contributed by atoms with Gasteiger partial charge in [0.1, 0.15) is 24.8 Å². The Morgan fingerprint density at radius 2 is 1.97 bits per heavy atom. The van der Waals surface area contributed by atoms with Crippen LogP contribution in [0.25, 0.3) is 17.1 Å². The molecule has 1 atom stereocenters. The minimum atomic E-state index is -0.119. The van der Waals surface area contributed by atoms with E-state index in [1.165, 1.54) is 12.7 Å².